The Hall–Kier alpha value is -0.0900. The number of rotatable bonds is 5. The Bertz CT molecular complexity index is 326. The minimum atomic E-state index is -2.96. The Morgan fingerprint density at radius 3 is 2.35 bits per heavy atom. The van der Waals surface area contributed by atoms with Gasteiger partial charge >= 0.3 is 0 Å². The quantitative estimate of drug-likeness (QED) is 0.825. The lowest BCUT2D eigenvalue weighted by Gasteiger charge is -2.39. The van der Waals surface area contributed by atoms with Gasteiger partial charge in [0, 0.05) is 12.3 Å². The topological polar surface area (TPSA) is 46.2 Å². The average Bonchev–Trinajstić information content (AvgIpc) is 2.29. The van der Waals surface area contributed by atoms with Crippen LogP contribution in [0.2, 0.25) is 0 Å². The first kappa shape index (κ1) is 15.0. The molecule has 0 aromatic heterocycles. The van der Waals surface area contributed by atoms with Crippen LogP contribution >= 0.6 is 0 Å². The van der Waals surface area contributed by atoms with E-state index in [1.54, 1.807) is 0 Å². The highest BCUT2D eigenvalue weighted by Crippen LogP contribution is 2.36. The second kappa shape index (κ2) is 6.19. The van der Waals surface area contributed by atoms with E-state index in [1.165, 1.54) is 38.4 Å². The summed E-state index contributed by atoms with van der Waals surface area (Å²) in [6, 6.07) is 0.107. The summed E-state index contributed by atoms with van der Waals surface area (Å²) in [5.41, 5.74) is 0. The predicted octanol–water partition coefficient (Wildman–Crippen LogP) is 2.22. The van der Waals surface area contributed by atoms with Gasteiger partial charge in [0.15, 0.2) is 9.84 Å². The normalized spacial score (nSPS) is 29.9. The molecule has 1 rings (SSSR count). The lowest BCUT2D eigenvalue weighted by Crippen LogP contribution is -2.48. The van der Waals surface area contributed by atoms with Crippen molar-refractivity contribution in [1.82, 2.24) is 5.32 Å². The molecule has 3 nitrogen and oxygen atoms in total. The molecule has 0 heterocycles. The van der Waals surface area contributed by atoms with Crippen LogP contribution in [0.3, 0.4) is 0 Å². The van der Waals surface area contributed by atoms with Crippen LogP contribution in [0.4, 0.5) is 0 Å². The van der Waals surface area contributed by atoms with Crippen LogP contribution in [0.1, 0.15) is 46.0 Å². The summed E-state index contributed by atoms with van der Waals surface area (Å²) < 4.78 is 23.5. The SMILES string of the molecule is CCC1CCCCC1C(NC)C(C)S(C)(=O)=O. The molecule has 0 amide bonds. The van der Waals surface area contributed by atoms with E-state index in [9.17, 15) is 8.42 Å². The minimum Gasteiger partial charge on any atom is -0.315 e. The summed E-state index contributed by atoms with van der Waals surface area (Å²) in [5, 5.41) is 2.98. The van der Waals surface area contributed by atoms with Crippen LogP contribution in [0, 0.1) is 11.8 Å². The van der Waals surface area contributed by atoms with Gasteiger partial charge in [-0.1, -0.05) is 32.6 Å². The molecule has 0 saturated heterocycles. The molecule has 17 heavy (non-hydrogen) atoms. The van der Waals surface area contributed by atoms with E-state index in [4.69, 9.17) is 0 Å². The molecule has 0 aliphatic heterocycles. The summed E-state index contributed by atoms with van der Waals surface area (Å²) in [7, 11) is -1.06. The van der Waals surface area contributed by atoms with Gasteiger partial charge in [-0.25, -0.2) is 8.42 Å². The number of hydrogen-bond donors (Lipinski definition) is 1. The maximum absolute atomic E-state index is 11.7. The highest BCUT2D eigenvalue weighted by atomic mass is 32.2. The van der Waals surface area contributed by atoms with E-state index in [0.717, 1.165) is 0 Å². The lowest BCUT2D eigenvalue weighted by atomic mass is 9.73. The molecule has 1 fully saturated rings. The van der Waals surface area contributed by atoms with Gasteiger partial charge in [-0.3, -0.25) is 0 Å². The first-order valence-corrected chi connectivity index (χ1v) is 8.73. The third-order valence-electron chi connectivity index (χ3n) is 4.47. The molecule has 0 aromatic carbocycles. The van der Waals surface area contributed by atoms with Gasteiger partial charge in [-0.2, -0.15) is 0 Å². The summed E-state index contributed by atoms with van der Waals surface area (Å²) >= 11 is 0. The summed E-state index contributed by atoms with van der Waals surface area (Å²) in [6.45, 7) is 4.07. The van der Waals surface area contributed by atoms with E-state index < -0.39 is 9.84 Å². The minimum absolute atomic E-state index is 0.107. The largest absolute Gasteiger partial charge is 0.315 e. The van der Waals surface area contributed by atoms with E-state index in [0.29, 0.717) is 11.8 Å². The molecule has 0 radical (unpaired) electrons. The molecule has 0 aromatic rings. The molecule has 1 aliphatic rings. The van der Waals surface area contributed by atoms with E-state index in [1.807, 2.05) is 14.0 Å². The fourth-order valence-corrected chi connectivity index (χ4v) is 4.15. The van der Waals surface area contributed by atoms with Gasteiger partial charge in [0.1, 0.15) is 0 Å². The van der Waals surface area contributed by atoms with Crippen LogP contribution in [0.15, 0.2) is 0 Å². The monoisotopic (exact) mass is 261 g/mol. The maximum atomic E-state index is 11.7. The van der Waals surface area contributed by atoms with Crippen LogP contribution in [0.5, 0.6) is 0 Å². The number of nitrogens with one attached hydrogen (secondary N) is 1. The molecule has 4 atom stereocenters. The Morgan fingerprint density at radius 2 is 1.88 bits per heavy atom. The van der Waals surface area contributed by atoms with Crippen molar-refractivity contribution in [3.63, 3.8) is 0 Å². The zero-order chi connectivity index (χ0) is 13.1. The fraction of sp³-hybridized carbons (Fsp3) is 1.00. The maximum Gasteiger partial charge on any atom is 0.151 e. The molecule has 102 valence electrons. The van der Waals surface area contributed by atoms with Crippen molar-refractivity contribution in [3.05, 3.63) is 0 Å². The van der Waals surface area contributed by atoms with Gasteiger partial charge in [-0.05, 0) is 32.2 Å². The zero-order valence-electron chi connectivity index (χ0n) is 11.6. The average molecular weight is 261 g/mol. The molecule has 0 bridgehead atoms. The van der Waals surface area contributed by atoms with Gasteiger partial charge in [0.05, 0.1) is 5.25 Å². The highest BCUT2D eigenvalue weighted by Gasteiger charge is 2.36. The molecule has 4 unspecified atom stereocenters. The molecular formula is C13H27NO2S. The van der Waals surface area contributed by atoms with Crippen LogP contribution in [-0.2, 0) is 9.84 Å². The fourth-order valence-electron chi connectivity index (χ4n) is 3.28. The van der Waals surface area contributed by atoms with Crippen LogP contribution < -0.4 is 5.32 Å². The first-order valence-electron chi connectivity index (χ1n) is 6.78. The van der Waals surface area contributed by atoms with Crippen molar-refractivity contribution in [2.75, 3.05) is 13.3 Å². The third kappa shape index (κ3) is 3.68. The smallest absolute Gasteiger partial charge is 0.151 e. The molecule has 1 N–H and O–H groups in total. The van der Waals surface area contributed by atoms with Crippen LogP contribution in [-0.4, -0.2) is 33.0 Å². The number of hydrogen-bond acceptors (Lipinski definition) is 3. The molecule has 0 spiro atoms. The Morgan fingerprint density at radius 1 is 1.29 bits per heavy atom. The lowest BCUT2D eigenvalue weighted by molar-refractivity contribution is 0.178. The Balaban J connectivity index is 2.84. The summed E-state index contributed by atoms with van der Waals surface area (Å²) in [6.07, 6.45) is 7.50. The van der Waals surface area contributed by atoms with Gasteiger partial charge in [-0.15, -0.1) is 0 Å². The van der Waals surface area contributed by atoms with Gasteiger partial charge < -0.3 is 5.32 Å². The van der Waals surface area contributed by atoms with Crippen molar-refractivity contribution in [1.29, 1.82) is 0 Å². The van der Waals surface area contributed by atoms with Gasteiger partial charge in [0.25, 0.3) is 0 Å². The zero-order valence-corrected chi connectivity index (χ0v) is 12.4. The Labute approximate surface area is 106 Å². The molecule has 1 aliphatic carbocycles. The van der Waals surface area contributed by atoms with E-state index in [-0.39, 0.29) is 11.3 Å². The van der Waals surface area contributed by atoms with Crippen molar-refractivity contribution >= 4 is 9.84 Å². The predicted molar refractivity (Wildman–Crippen MR) is 72.9 cm³/mol. The molecule has 1 saturated carbocycles. The van der Waals surface area contributed by atoms with Crippen molar-refractivity contribution in [2.24, 2.45) is 11.8 Å². The van der Waals surface area contributed by atoms with E-state index in [2.05, 4.69) is 12.2 Å². The highest BCUT2D eigenvalue weighted by molar-refractivity contribution is 7.91. The Kier molecular flexibility index (Phi) is 5.45. The number of sulfone groups is 1. The van der Waals surface area contributed by atoms with E-state index >= 15 is 0 Å². The summed E-state index contributed by atoms with van der Waals surface area (Å²) in [4.78, 5) is 0. The van der Waals surface area contributed by atoms with Crippen molar-refractivity contribution in [3.8, 4) is 0 Å². The second-order valence-corrected chi connectivity index (χ2v) is 7.87. The van der Waals surface area contributed by atoms with Crippen molar-refractivity contribution in [2.45, 2.75) is 57.2 Å². The van der Waals surface area contributed by atoms with Crippen LogP contribution in [0.25, 0.3) is 0 Å². The second-order valence-electron chi connectivity index (χ2n) is 5.47. The van der Waals surface area contributed by atoms with Crippen molar-refractivity contribution < 1.29 is 8.42 Å². The molecule has 4 heteroatoms. The standard InChI is InChI=1S/C13H27NO2S/c1-5-11-8-6-7-9-12(11)13(14-3)10(2)17(4,15)16/h10-14H,5-9H2,1-4H3. The summed E-state index contributed by atoms with van der Waals surface area (Å²) in [5.74, 6) is 1.20. The third-order valence-corrected chi connectivity index (χ3v) is 6.11. The first-order chi connectivity index (χ1) is 7.91. The van der Waals surface area contributed by atoms with Gasteiger partial charge in [0.2, 0.25) is 0 Å². The molecular weight excluding hydrogens is 234 g/mol.